The van der Waals surface area contributed by atoms with Crippen LogP contribution in [-0.4, -0.2) is 15.0 Å². The molecule has 2 aromatic carbocycles. The first-order valence-corrected chi connectivity index (χ1v) is 9.79. The van der Waals surface area contributed by atoms with Gasteiger partial charge in [-0.05, 0) is 72.9 Å². The molecule has 0 bridgehead atoms. The van der Waals surface area contributed by atoms with E-state index in [9.17, 15) is 0 Å². The van der Waals surface area contributed by atoms with Crippen molar-refractivity contribution >= 4 is 33.0 Å². The second-order valence-corrected chi connectivity index (χ2v) is 7.32. The van der Waals surface area contributed by atoms with Crippen molar-refractivity contribution in [3.05, 3.63) is 90.4 Å². The maximum absolute atomic E-state index is 8.22. The van der Waals surface area contributed by atoms with E-state index < -0.39 is 13.7 Å². The molecule has 0 fully saturated rings. The number of aromatic nitrogens is 3. The number of hydrogen-bond donors (Lipinski definition) is 0. The Hall–Kier alpha value is -4.05. The highest BCUT2D eigenvalue weighted by Crippen LogP contribution is 2.36. The number of benzene rings is 2. The molecule has 0 N–H and O–H groups in total. The lowest BCUT2D eigenvalue weighted by Crippen LogP contribution is -1.90. The molecule has 0 spiro atoms. The van der Waals surface area contributed by atoms with Gasteiger partial charge in [-0.2, -0.15) is 0 Å². The van der Waals surface area contributed by atoms with Crippen LogP contribution >= 0.6 is 0 Å². The van der Waals surface area contributed by atoms with E-state index in [2.05, 4.69) is 15.0 Å². The highest BCUT2D eigenvalue weighted by atomic mass is 16.3. The Balaban J connectivity index is 1.55. The quantitative estimate of drug-likeness (QED) is 0.314. The Morgan fingerprint density at radius 3 is 2.68 bits per heavy atom. The Labute approximate surface area is 187 Å². The molecule has 6 rings (SSSR count). The average molecular weight is 408 g/mol. The topological polar surface area (TPSA) is 51.8 Å². The zero-order valence-electron chi connectivity index (χ0n) is 22.3. The van der Waals surface area contributed by atoms with E-state index >= 15 is 0 Å². The summed E-state index contributed by atoms with van der Waals surface area (Å²) < 4.78 is 53.7. The second-order valence-electron chi connectivity index (χ2n) is 7.32. The minimum atomic E-state index is -2.35. The van der Waals surface area contributed by atoms with Crippen LogP contribution in [0.3, 0.4) is 0 Å². The highest BCUT2D eigenvalue weighted by Gasteiger charge is 2.15. The van der Waals surface area contributed by atoms with Gasteiger partial charge < -0.3 is 4.42 Å². The molecule has 0 unspecified atom stereocenters. The SMILES string of the molecule is [2H]C([2H])([2H])c1ccc2c(n1)oc1c(-c3cc(-c4ccc5ncccc5c4C([2H])([2H])[2H])ccn3)cccc12. The summed E-state index contributed by atoms with van der Waals surface area (Å²) in [5, 5.41) is 2.06. The lowest BCUT2D eigenvalue weighted by Gasteiger charge is -2.10. The van der Waals surface area contributed by atoms with Gasteiger partial charge in [0.2, 0.25) is 5.71 Å². The molecule has 0 atom stereocenters. The van der Waals surface area contributed by atoms with Gasteiger partial charge in [-0.3, -0.25) is 9.97 Å². The lowest BCUT2D eigenvalue weighted by molar-refractivity contribution is 0.653. The van der Waals surface area contributed by atoms with Gasteiger partial charge in [0.15, 0.2) is 0 Å². The fourth-order valence-corrected chi connectivity index (χ4v) is 4.02. The summed E-state index contributed by atoms with van der Waals surface area (Å²) in [6.07, 6.45) is 3.27. The molecule has 4 heteroatoms. The molecule has 0 amide bonds. The molecule has 0 aliphatic rings. The molecule has 148 valence electrons. The number of fused-ring (bicyclic) bond motifs is 4. The van der Waals surface area contributed by atoms with Gasteiger partial charge in [-0.1, -0.05) is 24.3 Å². The Morgan fingerprint density at radius 2 is 1.74 bits per heavy atom. The largest absolute Gasteiger partial charge is 0.437 e. The van der Waals surface area contributed by atoms with Gasteiger partial charge in [0.1, 0.15) is 5.58 Å². The van der Waals surface area contributed by atoms with Crippen molar-refractivity contribution in [3.8, 4) is 22.4 Å². The van der Waals surface area contributed by atoms with Crippen LogP contribution in [0.5, 0.6) is 0 Å². The van der Waals surface area contributed by atoms with Crippen molar-refractivity contribution < 1.29 is 12.6 Å². The Kier molecular flexibility index (Phi) is 2.74. The first kappa shape index (κ1) is 12.6. The summed E-state index contributed by atoms with van der Waals surface area (Å²) in [7, 11) is 0. The first-order chi connectivity index (χ1) is 17.6. The molecule has 0 radical (unpaired) electrons. The van der Waals surface area contributed by atoms with Crippen LogP contribution in [0.1, 0.15) is 19.5 Å². The smallest absolute Gasteiger partial charge is 0.227 e. The van der Waals surface area contributed by atoms with Crippen LogP contribution < -0.4 is 0 Å². The van der Waals surface area contributed by atoms with Crippen molar-refractivity contribution in [1.82, 2.24) is 15.0 Å². The summed E-state index contributed by atoms with van der Waals surface area (Å²) in [6.45, 7) is -4.70. The molecular formula is C27H19N3O. The van der Waals surface area contributed by atoms with Crippen LogP contribution in [0.4, 0.5) is 0 Å². The van der Waals surface area contributed by atoms with Crippen LogP contribution in [-0.2, 0) is 0 Å². The van der Waals surface area contributed by atoms with E-state index in [0.29, 0.717) is 44.3 Å². The summed E-state index contributed by atoms with van der Waals surface area (Å²) in [5.74, 6) is 0. The number of aryl methyl sites for hydroxylation is 2. The van der Waals surface area contributed by atoms with E-state index in [0.717, 1.165) is 5.39 Å². The number of para-hydroxylation sites is 1. The molecule has 0 saturated carbocycles. The van der Waals surface area contributed by atoms with Crippen LogP contribution in [0.2, 0.25) is 0 Å². The second kappa shape index (κ2) is 6.74. The van der Waals surface area contributed by atoms with Crippen LogP contribution in [0, 0.1) is 13.7 Å². The molecular weight excluding hydrogens is 382 g/mol. The van der Waals surface area contributed by atoms with E-state index in [1.165, 1.54) is 6.07 Å². The lowest BCUT2D eigenvalue weighted by atomic mass is 9.96. The first-order valence-electron chi connectivity index (χ1n) is 12.8. The minimum Gasteiger partial charge on any atom is -0.437 e. The molecule has 4 aromatic heterocycles. The third-order valence-corrected chi connectivity index (χ3v) is 5.50. The van der Waals surface area contributed by atoms with E-state index in [1.54, 1.807) is 42.7 Å². The van der Waals surface area contributed by atoms with E-state index in [1.807, 2.05) is 30.3 Å². The summed E-state index contributed by atoms with van der Waals surface area (Å²) in [4.78, 5) is 13.1. The zero-order valence-corrected chi connectivity index (χ0v) is 16.3. The molecule has 6 aromatic rings. The fraction of sp³-hybridized carbons (Fsp3) is 0.0741. The molecule has 4 nitrogen and oxygen atoms in total. The molecule has 31 heavy (non-hydrogen) atoms. The van der Waals surface area contributed by atoms with E-state index in [4.69, 9.17) is 12.6 Å². The predicted octanol–water partition coefficient (Wildman–Crippen LogP) is 6.88. The Bertz CT molecular complexity index is 1820. The predicted molar refractivity (Wildman–Crippen MR) is 125 cm³/mol. The monoisotopic (exact) mass is 407 g/mol. The number of hydrogen-bond acceptors (Lipinski definition) is 4. The molecule has 4 heterocycles. The maximum atomic E-state index is 8.22. The van der Waals surface area contributed by atoms with Crippen molar-refractivity contribution in [1.29, 1.82) is 0 Å². The van der Waals surface area contributed by atoms with Crippen molar-refractivity contribution in [2.24, 2.45) is 0 Å². The molecule has 0 aliphatic heterocycles. The summed E-state index contributed by atoms with van der Waals surface area (Å²) >= 11 is 0. The van der Waals surface area contributed by atoms with Gasteiger partial charge in [0, 0.05) is 48.0 Å². The third kappa shape index (κ3) is 2.80. The van der Waals surface area contributed by atoms with Crippen molar-refractivity contribution in [2.75, 3.05) is 0 Å². The van der Waals surface area contributed by atoms with Crippen LogP contribution in [0.15, 0.2) is 83.5 Å². The van der Waals surface area contributed by atoms with Gasteiger partial charge in [-0.15, -0.1) is 0 Å². The maximum Gasteiger partial charge on any atom is 0.227 e. The van der Waals surface area contributed by atoms with Crippen LogP contribution in [0.25, 0.3) is 55.4 Å². The minimum absolute atomic E-state index is 0.0382. The summed E-state index contributed by atoms with van der Waals surface area (Å²) in [5.41, 5.74) is 4.11. The van der Waals surface area contributed by atoms with Gasteiger partial charge >= 0.3 is 0 Å². The molecule has 0 saturated heterocycles. The highest BCUT2D eigenvalue weighted by molar-refractivity contribution is 6.08. The van der Waals surface area contributed by atoms with Crippen molar-refractivity contribution in [3.63, 3.8) is 0 Å². The molecule has 0 aliphatic carbocycles. The Morgan fingerprint density at radius 1 is 0.774 bits per heavy atom. The fourth-order valence-electron chi connectivity index (χ4n) is 4.02. The van der Waals surface area contributed by atoms with Crippen molar-refractivity contribution in [2.45, 2.75) is 13.7 Å². The van der Waals surface area contributed by atoms with Gasteiger partial charge in [-0.25, -0.2) is 4.98 Å². The number of pyridine rings is 3. The van der Waals surface area contributed by atoms with Gasteiger partial charge in [0.05, 0.1) is 11.2 Å². The number of furan rings is 1. The normalized spacial score (nSPS) is 15.2. The standard InChI is InChI=1S/C27H19N3O/c1-16-8-9-22-21-5-3-6-23(26(21)31-27(22)30-16)25-15-18(12-14-29-25)19-10-11-24-20(17(19)2)7-4-13-28-24/h3-15H,1-2H3/i1D3,2D3. The zero-order chi connectivity index (χ0) is 25.9. The summed E-state index contributed by atoms with van der Waals surface area (Å²) in [6, 6.07) is 19.5. The number of rotatable bonds is 2. The average Bonchev–Trinajstić information content (AvgIpc) is 3.25. The van der Waals surface area contributed by atoms with E-state index in [-0.39, 0.29) is 17.0 Å². The van der Waals surface area contributed by atoms with Gasteiger partial charge in [0.25, 0.3) is 0 Å². The third-order valence-electron chi connectivity index (χ3n) is 5.50. The number of nitrogens with zero attached hydrogens (tertiary/aromatic N) is 3.